The summed E-state index contributed by atoms with van der Waals surface area (Å²) >= 11 is 0. The molecule has 8 heteroatoms. The summed E-state index contributed by atoms with van der Waals surface area (Å²) in [5, 5.41) is 8.07. The number of hydrogen-bond acceptors (Lipinski definition) is 7. The number of unbranched alkanes of at least 4 members (excludes halogenated alkanes) is 6. The number of hydrazine groups is 1. The van der Waals surface area contributed by atoms with Gasteiger partial charge in [0, 0.05) is 18.8 Å². The minimum atomic E-state index is -0.367. The molecule has 0 heterocycles. The van der Waals surface area contributed by atoms with Crippen LogP contribution in [-0.4, -0.2) is 32.9 Å². The van der Waals surface area contributed by atoms with Gasteiger partial charge in [0.2, 0.25) is 0 Å². The van der Waals surface area contributed by atoms with Crippen molar-refractivity contribution in [1.82, 2.24) is 0 Å². The van der Waals surface area contributed by atoms with Crippen LogP contribution in [0.15, 0.2) is 66.7 Å². The van der Waals surface area contributed by atoms with E-state index >= 15 is 0 Å². The third-order valence-electron chi connectivity index (χ3n) is 6.68. The molecule has 3 aromatic carbocycles. The largest absolute Gasteiger partial charge is 0.494 e. The van der Waals surface area contributed by atoms with Crippen LogP contribution in [0.25, 0.3) is 0 Å². The summed E-state index contributed by atoms with van der Waals surface area (Å²) in [7, 11) is 1.88. The highest BCUT2D eigenvalue weighted by Crippen LogP contribution is 2.23. The quantitative estimate of drug-likeness (QED) is 0.0583. The topological polar surface area (TPSA) is 74.9 Å². The minimum Gasteiger partial charge on any atom is -0.494 e. The molecule has 0 aliphatic carbocycles. The van der Waals surface area contributed by atoms with E-state index in [1.54, 1.807) is 18.2 Å². The lowest BCUT2D eigenvalue weighted by Crippen LogP contribution is -2.24. The Hall–Kier alpha value is -3.94. The highest BCUT2D eigenvalue weighted by atomic mass is 19.1. The Labute approximate surface area is 244 Å². The number of nitrogens with zero attached hydrogens (tertiary/aromatic N) is 1. The van der Waals surface area contributed by atoms with Crippen LogP contribution < -0.4 is 25.8 Å². The van der Waals surface area contributed by atoms with Gasteiger partial charge in [-0.25, -0.2) is 9.18 Å². The molecule has 0 fully saturated rings. The van der Waals surface area contributed by atoms with Gasteiger partial charge in [0.1, 0.15) is 11.6 Å². The number of carbonyl (C=O) groups is 1. The first-order valence-electron chi connectivity index (χ1n) is 14.8. The summed E-state index contributed by atoms with van der Waals surface area (Å²) in [5.41, 5.74) is 6.47. The molecule has 7 nitrogen and oxygen atoms in total. The van der Waals surface area contributed by atoms with Crippen LogP contribution in [0.2, 0.25) is 0 Å². The molecule has 41 heavy (non-hydrogen) atoms. The predicted molar refractivity (Wildman–Crippen MR) is 167 cm³/mol. The smallest absolute Gasteiger partial charge is 0.338 e. The van der Waals surface area contributed by atoms with Gasteiger partial charge in [-0.3, -0.25) is 10.4 Å². The fraction of sp³-hybridized carbons (Fsp3) is 0.424. The maximum atomic E-state index is 14.8. The van der Waals surface area contributed by atoms with E-state index < -0.39 is 0 Å². The van der Waals surface area contributed by atoms with E-state index in [0.717, 1.165) is 43.0 Å². The summed E-state index contributed by atoms with van der Waals surface area (Å²) in [4.78, 5) is 12.2. The number of ether oxygens (including phenoxy) is 2. The normalized spacial score (nSPS) is 10.6. The molecule has 0 amide bonds. The molecule has 0 aliphatic heterocycles. The van der Waals surface area contributed by atoms with E-state index in [1.807, 2.05) is 54.5 Å². The molecule has 0 aromatic heterocycles. The number of benzene rings is 3. The molecule has 3 rings (SSSR count). The van der Waals surface area contributed by atoms with Gasteiger partial charge >= 0.3 is 5.97 Å². The van der Waals surface area contributed by atoms with Gasteiger partial charge in [0.25, 0.3) is 0 Å². The lowest BCUT2D eigenvalue weighted by molar-refractivity contribution is 0.0497. The van der Waals surface area contributed by atoms with Crippen molar-refractivity contribution >= 4 is 28.7 Å². The van der Waals surface area contributed by atoms with Gasteiger partial charge in [0.05, 0.1) is 42.5 Å². The van der Waals surface area contributed by atoms with Gasteiger partial charge in [0.15, 0.2) is 0 Å². The highest BCUT2D eigenvalue weighted by Gasteiger charge is 2.08. The average Bonchev–Trinajstić information content (AvgIpc) is 2.98. The number of anilines is 4. The Morgan fingerprint density at radius 3 is 2.15 bits per heavy atom. The third-order valence-corrected chi connectivity index (χ3v) is 6.68. The number of rotatable bonds is 19. The molecular weight excluding hydrogens is 519 g/mol. The van der Waals surface area contributed by atoms with Crippen LogP contribution in [0.3, 0.4) is 0 Å². The molecule has 0 radical (unpaired) electrons. The summed E-state index contributed by atoms with van der Waals surface area (Å²) in [6, 6.07) is 19.9. The van der Waals surface area contributed by atoms with Crippen molar-refractivity contribution in [1.29, 1.82) is 0 Å². The minimum absolute atomic E-state index is 0.310. The molecule has 222 valence electrons. The molecule has 0 atom stereocenters. The fourth-order valence-corrected chi connectivity index (χ4v) is 4.21. The Kier molecular flexibility index (Phi) is 13.6. The Bertz CT molecular complexity index is 1170. The van der Waals surface area contributed by atoms with Gasteiger partial charge in [-0.2, -0.15) is 0 Å². The fourth-order valence-electron chi connectivity index (χ4n) is 4.21. The van der Waals surface area contributed by atoms with Gasteiger partial charge in [-0.15, -0.1) is 0 Å². The van der Waals surface area contributed by atoms with Crippen molar-refractivity contribution in [2.75, 3.05) is 48.0 Å². The van der Waals surface area contributed by atoms with Crippen LogP contribution >= 0.6 is 0 Å². The van der Waals surface area contributed by atoms with Gasteiger partial charge in [-0.1, -0.05) is 52.4 Å². The predicted octanol–water partition coefficient (Wildman–Crippen LogP) is 8.47. The second-order valence-electron chi connectivity index (χ2n) is 10.1. The summed E-state index contributed by atoms with van der Waals surface area (Å²) in [6.07, 6.45) is 8.95. The first-order chi connectivity index (χ1) is 20.0. The lowest BCUT2D eigenvalue weighted by Gasteiger charge is -2.22. The van der Waals surface area contributed by atoms with E-state index in [2.05, 4.69) is 29.9 Å². The molecule has 3 N–H and O–H groups in total. The zero-order valence-corrected chi connectivity index (χ0v) is 24.7. The highest BCUT2D eigenvalue weighted by molar-refractivity contribution is 5.89. The molecule has 0 spiro atoms. The molecular formula is C33H45FN4O3. The zero-order chi connectivity index (χ0) is 29.3. The summed E-state index contributed by atoms with van der Waals surface area (Å²) < 4.78 is 25.9. The second kappa shape index (κ2) is 17.7. The van der Waals surface area contributed by atoms with E-state index in [0.29, 0.717) is 30.2 Å². The Morgan fingerprint density at radius 2 is 1.44 bits per heavy atom. The average molecular weight is 565 g/mol. The van der Waals surface area contributed by atoms with E-state index in [9.17, 15) is 9.18 Å². The van der Waals surface area contributed by atoms with Crippen LogP contribution in [0.1, 0.15) is 75.6 Å². The van der Waals surface area contributed by atoms with Crippen LogP contribution in [-0.2, 0) is 4.74 Å². The third kappa shape index (κ3) is 11.2. The van der Waals surface area contributed by atoms with Crippen molar-refractivity contribution in [2.24, 2.45) is 0 Å². The molecule has 0 bridgehead atoms. The second-order valence-corrected chi connectivity index (χ2v) is 10.1. The van der Waals surface area contributed by atoms with Crippen molar-refractivity contribution in [2.45, 2.75) is 65.2 Å². The summed E-state index contributed by atoms with van der Waals surface area (Å²) in [6.45, 7) is 5.84. The van der Waals surface area contributed by atoms with Crippen molar-refractivity contribution < 1.29 is 18.7 Å². The maximum Gasteiger partial charge on any atom is 0.338 e. The number of nitrogens with one attached hydrogen (secondary N) is 3. The van der Waals surface area contributed by atoms with Crippen LogP contribution in [0.4, 0.5) is 27.1 Å². The molecule has 3 aromatic rings. The number of halogens is 1. The van der Waals surface area contributed by atoms with Crippen LogP contribution in [0, 0.1) is 5.82 Å². The molecule has 0 aliphatic rings. The zero-order valence-electron chi connectivity index (χ0n) is 24.7. The van der Waals surface area contributed by atoms with E-state index in [-0.39, 0.29) is 11.8 Å². The van der Waals surface area contributed by atoms with E-state index in [4.69, 9.17) is 9.47 Å². The summed E-state index contributed by atoms with van der Waals surface area (Å²) in [5.74, 6) is 0.166. The Morgan fingerprint density at radius 1 is 0.780 bits per heavy atom. The van der Waals surface area contributed by atoms with Crippen molar-refractivity contribution in [3.05, 3.63) is 78.1 Å². The number of carbonyl (C=O) groups excluding carboxylic acids is 1. The Balaban J connectivity index is 1.40. The van der Waals surface area contributed by atoms with Crippen molar-refractivity contribution in [3.63, 3.8) is 0 Å². The first kappa shape index (κ1) is 31.6. The van der Waals surface area contributed by atoms with E-state index in [1.165, 1.54) is 38.2 Å². The lowest BCUT2D eigenvalue weighted by atomic mass is 10.2. The SMILES string of the molecule is CCCCCCCOC(=O)c1ccc(NCNc2ccc(NN(C)c3ccc(OCCCCC)cc3)cc2F)cc1. The molecule has 0 saturated carbocycles. The molecule has 0 saturated heterocycles. The maximum absolute atomic E-state index is 14.8. The number of esters is 1. The number of hydrogen-bond donors (Lipinski definition) is 3. The van der Waals surface area contributed by atoms with Crippen molar-refractivity contribution in [3.8, 4) is 5.75 Å². The van der Waals surface area contributed by atoms with Crippen LogP contribution in [0.5, 0.6) is 5.75 Å². The standard InChI is InChI=1S/C33H45FN4O3/c1-4-6-8-9-11-23-41-33(39)26-12-14-27(15-13-26)35-25-36-32-21-16-28(24-31(32)34)37-38(3)29-17-19-30(20-18-29)40-22-10-7-5-2/h12-21,24,35-37H,4-11,22-23,25H2,1-3H3. The van der Waals surface area contributed by atoms with Gasteiger partial charge in [-0.05, 0) is 73.5 Å². The van der Waals surface area contributed by atoms with Gasteiger partial charge < -0.3 is 20.1 Å². The monoisotopic (exact) mass is 564 g/mol. The first-order valence-corrected chi connectivity index (χ1v) is 14.8. The molecule has 0 unspecified atom stereocenters.